The molecule has 106 valence electrons. The molecule has 1 fully saturated rings. The van der Waals surface area contributed by atoms with Crippen LogP contribution in [0.25, 0.3) is 10.8 Å². The average molecular weight is 272 g/mol. The van der Waals surface area contributed by atoms with E-state index in [0.29, 0.717) is 11.3 Å². The molecule has 0 amide bonds. The molecule has 0 spiro atoms. The first-order chi connectivity index (χ1) is 9.72. The Morgan fingerprint density at radius 3 is 3.00 bits per heavy atom. The number of H-pyrrole nitrogens is 1. The van der Waals surface area contributed by atoms with Gasteiger partial charge in [0.25, 0.3) is 5.56 Å². The molecule has 1 aliphatic carbocycles. The minimum Gasteiger partial charge on any atom is -0.393 e. The van der Waals surface area contributed by atoms with Crippen LogP contribution in [0.3, 0.4) is 0 Å². The highest BCUT2D eigenvalue weighted by Gasteiger charge is 2.19. The second-order valence-electron chi connectivity index (χ2n) is 5.67. The molecule has 0 saturated heterocycles. The second kappa shape index (κ2) is 5.67. The molecule has 2 atom stereocenters. The van der Waals surface area contributed by atoms with Crippen LogP contribution in [-0.2, 0) is 0 Å². The fourth-order valence-electron chi connectivity index (χ4n) is 3.01. The van der Waals surface area contributed by atoms with Crippen LogP contribution in [0.5, 0.6) is 0 Å². The zero-order valence-corrected chi connectivity index (χ0v) is 11.4. The molecule has 1 aliphatic rings. The van der Waals surface area contributed by atoms with Gasteiger partial charge in [-0.05, 0) is 42.7 Å². The normalized spacial score (nSPS) is 22.9. The number of pyridine rings is 1. The Hall–Kier alpha value is -1.81. The van der Waals surface area contributed by atoms with Crippen LogP contribution in [0.4, 0.5) is 5.82 Å². The molecule has 0 bridgehead atoms. The molecule has 1 aromatic carbocycles. The Morgan fingerprint density at radius 1 is 1.30 bits per heavy atom. The highest BCUT2D eigenvalue weighted by molar-refractivity contribution is 5.83. The van der Waals surface area contributed by atoms with Crippen LogP contribution >= 0.6 is 0 Å². The zero-order valence-electron chi connectivity index (χ0n) is 11.4. The van der Waals surface area contributed by atoms with Crippen molar-refractivity contribution in [2.45, 2.75) is 31.8 Å². The number of aromatic nitrogens is 1. The number of aliphatic hydroxyl groups excluding tert-OH is 1. The van der Waals surface area contributed by atoms with Crippen molar-refractivity contribution in [3.05, 3.63) is 40.7 Å². The number of benzene rings is 1. The predicted molar refractivity (Wildman–Crippen MR) is 81.0 cm³/mol. The number of hydrogen-bond acceptors (Lipinski definition) is 3. The molecule has 1 saturated carbocycles. The highest BCUT2D eigenvalue weighted by atomic mass is 16.3. The number of rotatable bonds is 3. The topological polar surface area (TPSA) is 65.1 Å². The van der Waals surface area contributed by atoms with Gasteiger partial charge in [-0.2, -0.15) is 0 Å². The summed E-state index contributed by atoms with van der Waals surface area (Å²) in [5.74, 6) is 1.24. The highest BCUT2D eigenvalue weighted by Crippen LogP contribution is 2.24. The number of aromatic amines is 1. The van der Waals surface area contributed by atoms with Crippen molar-refractivity contribution < 1.29 is 5.11 Å². The summed E-state index contributed by atoms with van der Waals surface area (Å²) in [5.41, 5.74) is -0.0609. The molecule has 2 aromatic rings. The van der Waals surface area contributed by atoms with Crippen molar-refractivity contribution >= 4 is 16.6 Å². The molecule has 1 aromatic heterocycles. The molecule has 3 N–H and O–H groups in total. The number of nitrogens with one attached hydrogen (secondary N) is 2. The van der Waals surface area contributed by atoms with Gasteiger partial charge >= 0.3 is 0 Å². The molecule has 0 radical (unpaired) electrons. The maximum atomic E-state index is 12.0. The standard InChI is InChI=1S/C16H20N2O2/c19-13-6-3-4-11(8-13)10-17-15-9-12-5-1-2-7-14(12)16(20)18-15/h1-2,5,7,9,11,13,19H,3-4,6,8,10H2,(H2,17,18,20). The monoisotopic (exact) mass is 272 g/mol. The lowest BCUT2D eigenvalue weighted by atomic mass is 9.87. The summed E-state index contributed by atoms with van der Waals surface area (Å²) in [6.07, 6.45) is 3.84. The Labute approximate surface area is 117 Å². The Kier molecular flexibility index (Phi) is 3.74. The second-order valence-corrected chi connectivity index (χ2v) is 5.67. The third-order valence-corrected chi connectivity index (χ3v) is 4.09. The van der Waals surface area contributed by atoms with Gasteiger partial charge in [0.05, 0.1) is 6.10 Å². The van der Waals surface area contributed by atoms with E-state index in [1.807, 2.05) is 30.3 Å². The third kappa shape index (κ3) is 2.85. The van der Waals surface area contributed by atoms with E-state index in [9.17, 15) is 9.90 Å². The fraction of sp³-hybridized carbons (Fsp3) is 0.438. The van der Waals surface area contributed by atoms with Crippen LogP contribution in [-0.4, -0.2) is 22.7 Å². The molecular weight excluding hydrogens is 252 g/mol. The van der Waals surface area contributed by atoms with Crippen molar-refractivity contribution in [2.24, 2.45) is 5.92 Å². The van der Waals surface area contributed by atoms with E-state index in [-0.39, 0.29) is 11.7 Å². The molecular formula is C16H20N2O2. The van der Waals surface area contributed by atoms with E-state index in [1.165, 1.54) is 0 Å². The van der Waals surface area contributed by atoms with E-state index < -0.39 is 0 Å². The first-order valence-corrected chi connectivity index (χ1v) is 7.26. The molecule has 0 aliphatic heterocycles. The van der Waals surface area contributed by atoms with Crippen molar-refractivity contribution in [2.75, 3.05) is 11.9 Å². The summed E-state index contributed by atoms with van der Waals surface area (Å²) in [7, 11) is 0. The molecule has 2 unspecified atom stereocenters. The summed E-state index contributed by atoms with van der Waals surface area (Å²) in [6.45, 7) is 0.797. The SMILES string of the molecule is O=c1[nH]c(NCC2CCCC(O)C2)cc2ccccc12. The minimum absolute atomic E-state index is 0.0609. The van der Waals surface area contributed by atoms with Crippen molar-refractivity contribution in [1.82, 2.24) is 4.98 Å². The van der Waals surface area contributed by atoms with Gasteiger partial charge in [0.2, 0.25) is 0 Å². The summed E-state index contributed by atoms with van der Waals surface area (Å²) in [4.78, 5) is 14.8. The van der Waals surface area contributed by atoms with E-state index in [1.54, 1.807) is 0 Å². The van der Waals surface area contributed by atoms with Crippen LogP contribution < -0.4 is 10.9 Å². The van der Waals surface area contributed by atoms with Gasteiger partial charge in [-0.15, -0.1) is 0 Å². The van der Waals surface area contributed by atoms with E-state index in [4.69, 9.17) is 0 Å². The number of aliphatic hydroxyl groups is 1. The van der Waals surface area contributed by atoms with Crippen LogP contribution in [0.1, 0.15) is 25.7 Å². The lowest BCUT2D eigenvalue weighted by molar-refractivity contribution is 0.104. The van der Waals surface area contributed by atoms with Crippen molar-refractivity contribution in [1.29, 1.82) is 0 Å². The van der Waals surface area contributed by atoms with E-state index >= 15 is 0 Å². The van der Waals surface area contributed by atoms with Gasteiger partial charge in [-0.3, -0.25) is 4.79 Å². The maximum Gasteiger partial charge on any atom is 0.257 e. The maximum absolute atomic E-state index is 12.0. The predicted octanol–water partition coefficient (Wildman–Crippen LogP) is 2.49. The van der Waals surface area contributed by atoms with Crippen molar-refractivity contribution in [3.8, 4) is 0 Å². The van der Waals surface area contributed by atoms with Crippen LogP contribution in [0, 0.1) is 5.92 Å². The fourth-order valence-corrected chi connectivity index (χ4v) is 3.01. The summed E-state index contributed by atoms with van der Waals surface area (Å²) in [5, 5.41) is 14.6. The van der Waals surface area contributed by atoms with Gasteiger partial charge in [0, 0.05) is 11.9 Å². The number of hydrogen-bond donors (Lipinski definition) is 3. The lowest BCUT2D eigenvalue weighted by Gasteiger charge is -2.26. The number of anilines is 1. The Bertz CT molecular complexity index is 650. The third-order valence-electron chi connectivity index (χ3n) is 4.09. The van der Waals surface area contributed by atoms with E-state index in [0.717, 1.165) is 43.4 Å². The zero-order chi connectivity index (χ0) is 13.9. The first-order valence-electron chi connectivity index (χ1n) is 7.26. The van der Waals surface area contributed by atoms with Gasteiger partial charge in [-0.25, -0.2) is 0 Å². The van der Waals surface area contributed by atoms with Gasteiger partial charge in [0.1, 0.15) is 5.82 Å². The lowest BCUT2D eigenvalue weighted by Crippen LogP contribution is -2.25. The Balaban J connectivity index is 1.73. The molecule has 1 heterocycles. The summed E-state index contributed by atoms with van der Waals surface area (Å²) >= 11 is 0. The largest absolute Gasteiger partial charge is 0.393 e. The summed E-state index contributed by atoms with van der Waals surface area (Å²) < 4.78 is 0. The summed E-state index contributed by atoms with van der Waals surface area (Å²) in [6, 6.07) is 9.54. The molecule has 3 rings (SSSR count). The number of fused-ring (bicyclic) bond motifs is 1. The van der Waals surface area contributed by atoms with Crippen LogP contribution in [0.15, 0.2) is 35.1 Å². The van der Waals surface area contributed by atoms with Gasteiger partial charge < -0.3 is 15.4 Å². The molecule has 20 heavy (non-hydrogen) atoms. The Morgan fingerprint density at radius 2 is 2.15 bits per heavy atom. The van der Waals surface area contributed by atoms with Crippen molar-refractivity contribution in [3.63, 3.8) is 0 Å². The average Bonchev–Trinajstić information content (AvgIpc) is 2.45. The van der Waals surface area contributed by atoms with Gasteiger partial charge in [-0.1, -0.05) is 24.6 Å². The first kappa shape index (κ1) is 13.2. The molecule has 4 heteroatoms. The van der Waals surface area contributed by atoms with Gasteiger partial charge in [0.15, 0.2) is 0 Å². The quantitative estimate of drug-likeness (QED) is 0.804. The minimum atomic E-state index is -0.161. The smallest absolute Gasteiger partial charge is 0.257 e. The molecule has 4 nitrogen and oxygen atoms in total. The van der Waals surface area contributed by atoms with E-state index in [2.05, 4.69) is 10.3 Å². The van der Waals surface area contributed by atoms with Crippen LogP contribution in [0.2, 0.25) is 0 Å².